The lowest BCUT2D eigenvalue weighted by molar-refractivity contribution is -0.133. The second-order valence-electron chi connectivity index (χ2n) is 7.41. The largest absolute Gasteiger partial charge is 0.338 e. The smallest absolute Gasteiger partial charge is 0.243 e. The number of sulfonamides is 1. The van der Waals surface area contributed by atoms with E-state index in [-0.39, 0.29) is 34.9 Å². The van der Waals surface area contributed by atoms with Gasteiger partial charge in [-0.25, -0.2) is 16.8 Å². The minimum absolute atomic E-state index is 0.0557. The number of hydrogen-bond acceptors (Lipinski definition) is 5. The molecule has 1 heterocycles. The molecule has 158 valence electrons. The van der Waals surface area contributed by atoms with Crippen LogP contribution in [0.3, 0.4) is 0 Å². The van der Waals surface area contributed by atoms with Gasteiger partial charge >= 0.3 is 0 Å². The summed E-state index contributed by atoms with van der Waals surface area (Å²) in [6, 6.07) is 11.9. The van der Waals surface area contributed by atoms with Gasteiger partial charge in [0.05, 0.1) is 22.9 Å². The fourth-order valence-corrected chi connectivity index (χ4v) is 6.53. The van der Waals surface area contributed by atoms with Crippen LogP contribution < -0.4 is 0 Å². The summed E-state index contributed by atoms with van der Waals surface area (Å²) in [6.07, 6.45) is 1.07. The Bertz CT molecular complexity index is 1110. The predicted octanol–water partition coefficient (Wildman–Crippen LogP) is 1.89. The summed E-state index contributed by atoms with van der Waals surface area (Å²) >= 11 is 0. The van der Waals surface area contributed by atoms with Crippen LogP contribution in [0, 0.1) is 0 Å². The summed E-state index contributed by atoms with van der Waals surface area (Å²) in [5.41, 5.74) is 0. The van der Waals surface area contributed by atoms with Gasteiger partial charge in [0.25, 0.3) is 0 Å². The average molecular weight is 439 g/mol. The number of likely N-dealkylation sites (N-methyl/N-ethyl adjacent to an activating group) is 1. The van der Waals surface area contributed by atoms with Gasteiger partial charge in [0.15, 0.2) is 9.84 Å². The van der Waals surface area contributed by atoms with Crippen molar-refractivity contribution in [3.05, 3.63) is 42.5 Å². The van der Waals surface area contributed by atoms with Gasteiger partial charge in [-0.05, 0) is 35.7 Å². The van der Waals surface area contributed by atoms with Gasteiger partial charge < -0.3 is 4.90 Å². The van der Waals surface area contributed by atoms with Crippen LogP contribution in [0.15, 0.2) is 47.4 Å². The number of benzene rings is 2. The van der Waals surface area contributed by atoms with Gasteiger partial charge in [-0.2, -0.15) is 4.31 Å². The third kappa shape index (κ3) is 4.79. The summed E-state index contributed by atoms with van der Waals surface area (Å²) in [5.74, 6) is -0.364. The van der Waals surface area contributed by atoms with Crippen molar-refractivity contribution in [1.29, 1.82) is 0 Å². The highest BCUT2D eigenvalue weighted by atomic mass is 32.2. The molecule has 0 aliphatic carbocycles. The summed E-state index contributed by atoms with van der Waals surface area (Å²) in [5, 5.41) is 1.74. The molecule has 1 fully saturated rings. The molecule has 0 spiro atoms. The number of hydrogen-bond donors (Lipinski definition) is 0. The van der Waals surface area contributed by atoms with Gasteiger partial charge in [0.2, 0.25) is 15.9 Å². The van der Waals surface area contributed by atoms with Crippen LogP contribution in [0.25, 0.3) is 10.8 Å². The molecular formula is C20H26N2O5S2. The van der Waals surface area contributed by atoms with Crippen molar-refractivity contribution < 1.29 is 21.6 Å². The quantitative estimate of drug-likeness (QED) is 0.658. The van der Waals surface area contributed by atoms with Crippen LogP contribution in [-0.2, 0) is 24.7 Å². The van der Waals surface area contributed by atoms with Crippen molar-refractivity contribution >= 4 is 36.5 Å². The third-order valence-electron chi connectivity index (χ3n) is 5.22. The maximum absolute atomic E-state index is 13.0. The molecule has 1 aliphatic rings. The SMILES string of the molecule is CCCN(C(=O)CN(C)S(=O)(=O)c1ccc2ccccc2c1)C1CCS(=O)(=O)C1. The van der Waals surface area contributed by atoms with Gasteiger partial charge in [0, 0.05) is 19.6 Å². The molecule has 0 saturated carbocycles. The summed E-state index contributed by atoms with van der Waals surface area (Å²) in [4.78, 5) is 14.5. The molecule has 0 bridgehead atoms. The lowest BCUT2D eigenvalue weighted by atomic mass is 10.1. The molecule has 0 radical (unpaired) electrons. The zero-order valence-corrected chi connectivity index (χ0v) is 18.2. The summed E-state index contributed by atoms with van der Waals surface area (Å²) in [7, 11) is -5.62. The zero-order chi connectivity index (χ0) is 21.2. The zero-order valence-electron chi connectivity index (χ0n) is 16.6. The Labute approximate surface area is 172 Å². The van der Waals surface area contributed by atoms with E-state index in [1.54, 1.807) is 12.1 Å². The second-order valence-corrected chi connectivity index (χ2v) is 11.7. The Morgan fingerprint density at radius 2 is 1.83 bits per heavy atom. The first-order chi connectivity index (χ1) is 13.6. The number of amides is 1. The highest BCUT2D eigenvalue weighted by Gasteiger charge is 2.35. The summed E-state index contributed by atoms with van der Waals surface area (Å²) < 4.78 is 50.6. The minimum atomic E-state index is -3.85. The fraction of sp³-hybridized carbons (Fsp3) is 0.450. The molecule has 29 heavy (non-hydrogen) atoms. The van der Waals surface area contributed by atoms with Gasteiger partial charge in [-0.15, -0.1) is 0 Å². The van der Waals surface area contributed by atoms with Crippen molar-refractivity contribution in [2.24, 2.45) is 0 Å². The van der Waals surface area contributed by atoms with Gasteiger partial charge in [0.1, 0.15) is 0 Å². The first-order valence-electron chi connectivity index (χ1n) is 9.59. The van der Waals surface area contributed by atoms with Crippen LogP contribution in [0.5, 0.6) is 0 Å². The molecule has 7 nitrogen and oxygen atoms in total. The van der Waals surface area contributed by atoms with Crippen LogP contribution in [0.1, 0.15) is 19.8 Å². The molecule has 0 N–H and O–H groups in total. The first-order valence-corrected chi connectivity index (χ1v) is 12.9. The van der Waals surface area contributed by atoms with Gasteiger partial charge in [-0.3, -0.25) is 4.79 Å². The molecule has 1 atom stereocenters. The van der Waals surface area contributed by atoms with Crippen molar-refractivity contribution in [3.63, 3.8) is 0 Å². The molecule has 9 heteroatoms. The van der Waals surface area contributed by atoms with Gasteiger partial charge in [-0.1, -0.05) is 37.3 Å². The molecular weight excluding hydrogens is 412 g/mol. The first kappa shape index (κ1) is 21.7. The third-order valence-corrected chi connectivity index (χ3v) is 8.77. The van der Waals surface area contributed by atoms with E-state index in [2.05, 4.69) is 0 Å². The van der Waals surface area contributed by atoms with Crippen molar-refractivity contribution in [2.45, 2.75) is 30.7 Å². The number of carbonyl (C=O) groups excluding carboxylic acids is 1. The van der Waals surface area contributed by atoms with Crippen LogP contribution >= 0.6 is 0 Å². The lowest BCUT2D eigenvalue weighted by Crippen LogP contribution is -2.47. The normalized spacial score (nSPS) is 18.9. The highest BCUT2D eigenvalue weighted by molar-refractivity contribution is 7.91. The molecule has 1 saturated heterocycles. The lowest BCUT2D eigenvalue weighted by Gasteiger charge is -2.29. The van der Waals surface area contributed by atoms with E-state index in [0.717, 1.165) is 15.1 Å². The van der Waals surface area contributed by atoms with Crippen molar-refractivity contribution in [1.82, 2.24) is 9.21 Å². The Hall–Kier alpha value is -1.97. The molecule has 1 unspecified atom stereocenters. The number of rotatable bonds is 7. The molecule has 1 aliphatic heterocycles. The van der Waals surface area contributed by atoms with Crippen LogP contribution in [0.2, 0.25) is 0 Å². The van der Waals surface area contributed by atoms with E-state index in [4.69, 9.17) is 0 Å². The minimum Gasteiger partial charge on any atom is -0.338 e. The molecule has 1 amide bonds. The van der Waals surface area contributed by atoms with E-state index < -0.39 is 19.9 Å². The van der Waals surface area contributed by atoms with E-state index in [0.29, 0.717) is 19.4 Å². The second kappa shape index (κ2) is 8.41. The maximum atomic E-state index is 13.0. The monoisotopic (exact) mass is 438 g/mol. The predicted molar refractivity (Wildman–Crippen MR) is 113 cm³/mol. The van der Waals surface area contributed by atoms with Crippen molar-refractivity contribution in [3.8, 4) is 0 Å². The van der Waals surface area contributed by atoms with Crippen LogP contribution in [-0.4, -0.2) is 69.6 Å². The number of fused-ring (bicyclic) bond motifs is 1. The Morgan fingerprint density at radius 1 is 1.14 bits per heavy atom. The maximum Gasteiger partial charge on any atom is 0.243 e. The molecule has 2 aromatic rings. The topological polar surface area (TPSA) is 91.8 Å². The van der Waals surface area contributed by atoms with Crippen LogP contribution in [0.4, 0.5) is 0 Å². The highest BCUT2D eigenvalue weighted by Crippen LogP contribution is 2.22. The van der Waals surface area contributed by atoms with E-state index in [1.807, 2.05) is 31.2 Å². The van der Waals surface area contributed by atoms with Crippen molar-refractivity contribution in [2.75, 3.05) is 31.6 Å². The molecule has 2 aromatic carbocycles. The van der Waals surface area contributed by atoms with E-state index >= 15 is 0 Å². The number of sulfone groups is 1. The van der Waals surface area contributed by atoms with E-state index in [9.17, 15) is 21.6 Å². The Balaban J connectivity index is 1.78. The fourth-order valence-electron chi connectivity index (χ4n) is 3.65. The number of carbonyl (C=O) groups is 1. The summed E-state index contributed by atoms with van der Waals surface area (Å²) in [6.45, 7) is 1.98. The average Bonchev–Trinajstić information content (AvgIpc) is 3.04. The number of nitrogens with zero attached hydrogens (tertiary/aromatic N) is 2. The Morgan fingerprint density at radius 3 is 2.45 bits per heavy atom. The molecule has 0 aromatic heterocycles. The standard InChI is InChI=1S/C20H26N2O5S2/c1-3-11-22(18-10-12-28(24,25)15-18)20(23)14-21(2)29(26,27)19-9-8-16-6-4-5-7-17(16)13-19/h4-9,13,18H,3,10-12,14-15H2,1-2H3. The Kier molecular flexibility index (Phi) is 6.30. The molecule has 3 rings (SSSR count). The van der Waals surface area contributed by atoms with E-state index in [1.165, 1.54) is 18.0 Å².